The van der Waals surface area contributed by atoms with Crippen LogP contribution in [0, 0.1) is 10.1 Å². The number of esters is 1. The molecule has 2 rings (SSSR count). The second kappa shape index (κ2) is 9.59. The molecule has 1 atom stereocenters. The summed E-state index contributed by atoms with van der Waals surface area (Å²) in [5.74, 6) is -0.506. The van der Waals surface area contributed by atoms with Gasteiger partial charge in [0.25, 0.3) is 11.6 Å². The average molecular weight is 417 g/mol. The van der Waals surface area contributed by atoms with Crippen molar-refractivity contribution < 1.29 is 28.7 Å². The first-order valence-corrected chi connectivity index (χ1v) is 8.87. The number of carbonyl (C=O) groups excluding carboxylic acids is 2. The zero-order chi connectivity index (χ0) is 22.4. The number of nitrogens with one attached hydrogen (secondary N) is 1. The lowest BCUT2D eigenvalue weighted by molar-refractivity contribution is -0.384. The number of hydrogen-bond donors (Lipinski definition) is 1. The van der Waals surface area contributed by atoms with Gasteiger partial charge in [-0.25, -0.2) is 4.79 Å². The maximum Gasteiger partial charge on any atom is 0.341 e. The van der Waals surface area contributed by atoms with Crippen molar-refractivity contribution in [2.75, 3.05) is 38.5 Å². The number of carbonyl (C=O) groups is 2. The minimum Gasteiger partial charge on any atom is -0.493 e. The predicted molar refractivity (Wildman–Crippen MR) is 110 cm³/mol. The van der Waals surface area contributed by atoms with Crippen LogP contribution in [0.5, 0.6) is 11.5 Å². The van der Waals surface area contributed by atoms with Crippen LogP contribution in [0.15, 0.2) is 36.4 Å². The molecule has 0 aliphatic heterocycles. The van der Waals surface area contributed by atoms with Gasteiger partial charge >= 0.3 is 5.97 Å². The molecule has 0 radical (unpaired) electrons. The number of methoxy groups -OCH3 is 2. The number of amides is 1. The van der Waals surface area contributed by atoms with Crippen molar-refractivity contribution in [1.82, 2.24) is 0 Å². The third-order valence-electron chi connectivity index (χ3n) is 4.20. The molecule has 10 heteroatoms. The van der Waals surface area contributed by atoms with Crippen molar-refractivity contribution in [2.24, 2.45) is 0 Å². The number of nitro groups is 1. The number of hydrogen-bond acceptors (Lipinski definition) is 8. The fourth-order valence-electron chi connectivity index (χ4n) is 2.63. The first-order chi connectivity index (χ1) is 14.2. The summed E-state index contributed by atoms with van der Waals surface area (Å²) in [6, 6.07) is 8.66. The Hall–Kier alpha value is -3.82. The van der Waals surface area contributed by atoms with E-state index in [0.29, 0.717) is 22.9 Å². The fraction of sp³-hybridized carbons (Fsp3) is 0.300. The van der Waals surface area contributed by atoms with Crippen molar-refractivity contribution in [2.45, 2.75) is 13.0 Å². The van der Waals surface area contributed by atoms with Gasteiger partial charge in [0.15, 0.2) is 17.6 Å². The molecule has 0 unspecified atom stereocenters. The van der Waals surface area contributed by atoms with Crippen LogP contribution in [-0.2, 0) is 9.53 Å². The van der Waals surface area contributed by atoms with Gasteiger partial charge in [-0.05, 0) is 25.1 Å². The lowest BCUT2D eigenvalue weighted by Gasteiger charge is -2.18. The SMILES string of the molecule is COc1ccc(NC(=O)[C@@H](C)OC(=O)c2cc([N+](=O)[O-])ccc2N(C)C)cc1OC. The van der Waals surface area contributed by atoms with Crippen LogP contribution in [-0.4, -0.2) is 51.2 Å². The van der Waals surface area contributed by atoms with Crippen molar-refractivity contribution in [3.05, 3.63) is 52.1 Å². The van der Waals surface area contributed by atoms with Crippen LogP contribution in [0.2, 0.25) is 0 Å². The van der Waals surface area contributed by atoms with E-state index in [1.165, 1.54) is 33.3 Å². The van der Waals surface area contributed by atoms with E-state index in [1.807, 2.05) is 0 Å². The normalized spacial score (nSPS) is 11.2. The molecule has 30 heavy (non-hydrogen) atoms. The highest BCUT2D eigenvalue weighted by Gasteiger charge is 2.24. The summed E-state index contributed by atoms with van der Waals surface area (Å²) in [6.07, 6.45) is -1.15. The summed E-state index contributed by atoms with van der Waals surface area (Å²) in [6.45, 7) is 1.40. The Bertz CT molecular complexity index is 959. The predicted octanol–water partition coefficient (Wildman–Crippen LogP) is 2.86. The van der Waals surface area contributed by atoms with E-state index < -0.39 is 22.9 Å². The molecule has 10 nitrogen and oxygen atoms in total. The highest BCUT2D eigenvalue weighted by Crippen LogP contribution is 2.30. The number of nitrogens with zero attached hydrogens (tertiary/aromatic N) is 2. The minimum atomic E-state index is -1.15. The standard InChI is InChI=1S/C20H23N3O7/c1-12(19(24)21-13-6-9-17(28-4)18(10-13)29-5)30-20(25)15-11-14(23(26)27)7-8-16(15)22(2)3/h6-12H,1-5H3,(H,21,24)/t12-/m1/s1. The molecule has 0 bridgehead atoms. The van der Waals surface area contributed by atoms with Gasteiger partial charge in [0.2, 0.25) is 0 Å². The molecule has 0 spiro atoms. The first-order valence-electron chi connectivity index (χ1n) is 8.87. The average Bonchev–Trinajstić information content (AvgIpc) is 2.72. The lowest BCUT2D eigenvalue weighted by atomic mass is 10.1. The van der Waals surface area contributed by atoms with Crippen molar-refractivity contribution in [1.29, 1.82) is 0 Å². The summed E-state index contributed by atoms with van der Waals surface area (Å²) < 4.78 is 15.6. The van der Waals surface area contributed by atoms with Gasteiger partial charge in [0.1, 0.15) is 0 Å². The largest absolute Gasteiger partial charge is 0.493 e. The Morgan fingerprint density at radius 2 is 1.73 bits per heavy atom. The van der Waals surface area contributed by atoms with Crippen LogP contribution in [0.25, 0.3) is 0 Å². The molecule has 1 N–H and O–H groups in total. The highest BCUT2D eigenvalue weighted by molar-refractivity contribution is 6.00. The van der Waals surface area contributed by atoms with Crippen LogP contribution in [0.4, 0.5) is 17.1 Å². The Balaban J connectivity index is 2.16. The van der Waals surface area contributed by atoms with E-state index in [1.54, 1.807) is 37.2 Å². The third kappa shape index (κ3) is 5.16. The number of anilines is 2. The van der Waals surface area contributed by atoms with Gasteiger partial charge in [-0.15, -0.1) is 0 Å². The van der Waals surface area contributed by atoms with Crippen LogP contribution >= 0.6 is 0 Å². The number of benzene rings is 2. The van der Waals surface area contributed by atoms with Gasteiger partial charge < -0.3 is 24.4 Å². The maximum absolute atomic E-state index is 12.6. The minimum absolute atomic E-state index is 0.0139. The summed E-state index contributed by atoms with van der Waals surface area (Å²) in [5, 5.41) is 13.7. The Morgan fingerprint density at radius 3 is 2.30 bits per heavy atom. The molecular weight excluding hydrogens is 394 g/mol. The van der Waals surface area contributed by atoms with E-state index in [0.717, 1.165) is 6.07 Å². The number of rotatable bonds is 8. The fourth-order valence-corrected chi connectivity index (χ4v) is 2.63. The van der Waals surface area contributed by atoms with Gasteiger partial charge in [0.05, 0.1) is 30.4 Å². The van der Waals surface area contributed by atoms with E-state index in [9.17, 15) is 19.7 Å². The van der Waals surface area contributed by atoms with Crippen molar-refractivity contribution in [3.8, 4) is 11.5 Å². The Morgan fingerprint density at radius 1 is 1.07 bits per heavy atom. The lowest BCUT2D eigenvalue weighted by Crippen LogP contribution is -2.30. The molecule has 0 aromatic heterocycles. The summed E-state index contributed by atoms with van der Waals surface area (Å²) in [5.41, 5.74) is 0.581. The van der Waals surface area contributed by atoms with E-state index in [4.69, 9.17) is 14.2 Å². The Kier molecular flexibility index (Phi) is 7.18. The zero-order valence-corrected chi connectivity index (χ0v) is 17.3. The van der Waals surface area contributed by atoms with Gasteiger partial charge in [-0.3, -0.25) is 14.9 Å². The van der Waals surface area contributed by atoms with Crippen LogP contribution in [0.3, 0.4) is 0 Å². The third-order valence-corrected chi connectivity index (χ3v) is 4.20. The second-order valence-corrected chi connectivity index (χ2v) is 6.46. The van der Waals surface area contributed by atoms with Crippen molar-refractivity contribution in [3.63, 3.8) is 0 Å². The Labute approximate surface area is 173 Å². The molecule has 1 amide bonds. The molecule has 0 aliphatic carbocycles. The molecular formula is C20H23N3O7. The molecule has 0 fully saturated rings. The molecule has 0 saturated carbocycles. The van der Waals surface area contributed by atoms with E-state index in [2.05, 4.69) is 5.32 Å². The first kappa shape index (κ1) is 22.5. The quantitative estimate of drug-likeness (QED) is 0.395. The van der Waals surface area contributed by atoms with Gasteiger partial charge in [-0.2, -0.15) is 0 Å². The number of ether oxygens (including phenoxy) is 3. The molecule has 2 aromatic rings. The second-order valence-electron chi connectivity index (χ2n) is 6.46. The zero-order valence-electron chi connectivity index (χ0n) is 17.3. The molecule has 0 aliphatic rings. The maximum atomic E-state index is 12.6. The van der Waals surface area contributed by atoms with E-state index in [-0.39, 0.29) is 11.3 Å². The number of nitro benzene ring substituents is 1. The van der Waals surface area contributed by atoms with Crippen LogP contribution in [0.1, 0.15) is 17.3 Å². The highest BCUT2D eigenvalue weighted by atomic mass is 16.6. The summed E-state index contributed by atoms with van der Waals surface area (Å²) >= 11 is 0. The summed E-state index contributed by atoms with van der Waals surface area (Å²) in [7, 11) is 6.33. The van der Waals surface area contributed by atoms with Crippen molar-refractivity contribution >= 4 is 28.9 Å². The molecule has 0 saturated heterocycles. The summed E-state index contributed by atoms with van der Waals surface area (Å²) in [4.78, 5) is 37.1. The molecule has 2 aromatic carbocycles. The van der Waals surface area contributed by atoms with Crippen LogP contribution < -0.4 is 19.7 Å². The van der Waals surface area contributed by atoms with Gasteiger partial charge in [0, 0.05) is 38.0 Å². The smallest absolute Gasteiger partial charge is 0.341 e. The van der Waals surface area contributed by atoms with E-state index >= 15 is 0 Å². The topological polar surface area (TPSA) is 120 Å². The number of non-ortho nitro benzene ring substituents is 1. The molecule has 160 valence electrons. The molecule has 0 heterocycles. The monoisotopic (exact) mass is 417 g/mol. The van der Waals surface area contributed by atoms with Gasteiger partial charge in [-0.1, -0.05) is 0 Å².